The molecule has 5 nitrogen and oxygen atoms in total. The maximum Gasteiger partial charge on any atom is 0.148 e. The Hall–Kier alpha value is -3.61. The van der Waals surface area contributed by atoms with E-state index in [2.05, 4.69) is 27.1 Å². The highest BCUT2D eigenvalue weighted by Gasteiger charge is 2.22. The zero-order valence-electron chi connectivity index (χ0n) is 17.7. The minimum Gasteiger partial charge on any atom is -0.490 e. The van der Waals surface area contributed by atoms with Crippen LogP contribution in [0.1, 0.15) is 18.4 Å². The fraction of sp³-hybridized carbons (Fsp3) is 0.240. The molecule has 32 heavy (non-hydrogen) atoms. The molecule has 1 saturated heterocycles. The summed E-state index contributed by atoms with van der Waals surface area (Å²) in [5, 5.41) is 3.93. The first-order valence-electron chi connectivity index (χ1n) is 10.7. The smallest absolute Gasteiger partial charge is 0.148 e. The number of nitrogens with one attached hydrogen (secondary N) is 2. The van der Waals surface area contributed by atoms with Gasteiger partial charge in [-0.2, -0.15) is 0 Å². The molecule has 2 aromatic carbocycles. The van der Waals surface area contributed by atoms with Crippen molar-refractivity contribution in [3.05, 3.63) is 78.1 Å². The third-order valence-corrected chi connectivity index (χ3v) is 5.97. The molecular formula is C25H24F2N4O. The highest BCUT2D eigenvalue weighted by Crippen LogP contribution is 2.31. The molecule has 0 radical (unpaired) electrons. The molecule has 0 atom stereocenters. The lowest BCUT2D eigenvalue weighted by Crippen LogP contribution is -2.38. The predicted octanol–water partition coefficient (Wildman–Crippen LogP) is 5.94. The minimum atomic E-state index is -0.260. The molecule has 5 rings (SSSR count). The van der Waals surface area contributed by atoms with Gasteiger partial charge in [0.1, 0.15) is 29.3 Å². The summed E-state index contributed by atoms with van der Waals surface area (Å²) in [6, 6.07) is 13.7. The van der Waals surface area contributed by atoms with Crippen molar-refractivity contribution >= 4 is 28.1 Å². The van der Waals surface area contributed by atoms with Crippen molar-refractivity contribution in [2.24, 2.45) is 0 Å². The molecule has 0 saturated carbocycles. The molecule has 1 aliphatic heterocycles. The van der Waals surface area contributed by atoms with Crippen molar-refractivity contribution in [1.29, 1.82) is 0 Å². The largest absolute Gasteiger partial charge is 0.490 e. The second-order valence-corrected chi connectivity index (χ2v) is 8.08. The van der Waals surface area contributed by atoms with Crippen molar-refractivity contribution in [2.45, 2.75) is 25.9 Å². The van der Waals surface area contributed by atoms with Crippen molar-refractivity contribution in [3.63, 3.8) is 0 Å². The topological polar surface area (TPSA) is 53.2 Å². The molecule has 0 aliphatic carbocycles. The van der Waals surface area contributed by atoms with E-state index < -0.39 is 0 Å². The molecule has 3 heterocycles. The van der Waals surface area contributed by atoms with E-state index in [0.717, 1.165) is 54.2 Å². The monoisotopic (exact) mass is 434 g/mol. The van der Waals surface area contributed by atoms with E-state index in [0.29, 0.717) is 11.1 Å². The van der Waals surface area contributed by atoms with Crippen LogP contribution >= 0.6 is 0 Å². The van der Waals surface area contributed by atoms with Crippen molar-refractivity contribution in [1.82, 2.24) is 9.97 Å². The Morgan fingerprint density at radius 1 is 1.06 bits per heavy atom. The molecule has 0 unspecified atom stereocenters. The van der Waals surface area contributed by atoms with Crippen LogP contribution in [-0.4, -0.2) is 29.2 Å². The molecule has 7 heteroatoms. The second kappa shape index (κ2) is 8.49. The fourth-order valence-corrected chi connectivity index (χ4v) is 4.22. The number of fused-ring (bicyclic) bond motifs is 1. The Morgan fingerprint density at radius 2 is 1.84 bits per heavy atom. The van der Waals surface area contributed by atoms with Gasteiger partial charge in [0.15, 0.2) is 0 Å². The van der Waals surface area contributed by atoms with Gasteiger partial charge < -0.3 is 19.9 Å². The van der Waals surface area contributed by atoms with E-state index in [1.165, 1.54) is 18.3 Å². The van der Waals surface area contributed by atoms with E-state index in [4.69, 9.17) is 4.74 Å². The molecule has 0 bridgehead atoms. The summed E-state index contributed by atoms with van der Waals surface area (Å²) in [6.07, 6.45) is 5.05. The van der Waals surface area contributed by atoms with Crippen molar-refractivity contribution in [2.75, 3.05) is 23.3 Å². The lowest BCUT2D eigenvalue weighted by atomic mass is 10.1. The summed E-state index contributed by atoms with van der Waals surface area (Å²) in [7, 11) is 0. The average molecular weight is 434 g/mol. The standard InChI is InChI=1S/C25H24F2N4O/c1-16-24(31-12-9-20(10-13-31)32-19-5-2-17(26)3-6-19)8-11-28-25(16)30-18-4-7-21-22(27)15-29-23(21)14-18/h2-8,11,14-15,20,29H,9-10,12-13H2,1H3,(H,28,30). The van der Waals surface area contributed by atoms with Gasteiger partial charge in [-0.05, 0) is 55.5 Å². The van der Waals surface area contributed by atoms with E-state index in [9.17, 15) is 8.78 Å². The summed E-state index contributed by atoms with van der Waals surface area (Å²) < 4.78 is 32.8. The van der Waals surface area contributed by atoms with Gasteiger partial charge in [-0.25, -0.2) is 13.8 Å². The number of aromatic amines is 1. The van der Waals surface area contributed by atoms with Crippen LogP contribution in [0.25, 0.3) is 10.9 Å². The van der Waals surface area contributed by atoms with Crippen LogP contribution in [0.15, 0.2) is 60.9 Å². The number of benzene rings is 2. The minimum absolute atomic E-state index is 0.115. The molecular weight excluding hydrogens is 410 g/mol. The Balaban J connectivity index is 1.26. The van der Waals surface area contributed by atoms with Gasteiger partial charge in [0.2, 0.25) is 0 Å². The van der Waals surface area contributed by atoms with Crippen LogP contribution in [0.4, 0.5) is 26.0 Å². The fourth-order valence-electron chi connectivity index (χ4n) is 4.22. The highest BCUT2D eigenvalue weighted by atomic mass is 19.1. The number of rotatable bonds is 5. The number of nitrogens with zero attached hydrogens (tertiary/aromatic N) is 2. The predicted molar refractivity (Wildman–Crippen MR) is 123 cm³/mol. The van der Waals surface area contributed by atoms with Crippen LogP contribution < -0.4 is 15.0 Å². The first kappa shape index (κ1) is 20.3. The number of H-pyrrole nitrogens is 1. The first-order valence-corrected chi connectivity index (χ1v) is 10.7. The third-order valence-electron chi connectivity index (χ3n) is 5.97. The number of anilines is 3. The van der Waals surface area contributed by atoms with E-state index in [1.807, 2.05) is 18.2 Å². The Labute approximate surface area is 185 Å². The lowest BCUT2D eigenvalue weighted by Gasteiger charge is -2.34. The zero-order chi connectivity index (χ0) is 22.1. The Kier molecular flexibility index (Phi) is 5.39. The van der Waals surface area contributed by atoms with Gasteiger partial charge in [0, 0.05) is 60.6 Å². The average Bonchev–Trinajstić information content (AvgIpc) is 3.17. The van der Waals surface area contributed by atoms with Crippen LogP contribution in [0.3, 0.4) is 0 Å². The molecule has 0 spiro atoms. The Morgan fingerprint density at radius 3 is 2.62 bits per heavy atom. The summed E-state index contributed by atoms with van der Waals surface area (Å²) >= 11 is 0. The molecule has 164 valence electrons. The van der Waals surface area contributed by atoms with Gasteiger partial charge in [-0.1, -0.05) is 0 Å². The number of aromatic nitrogens is 2. The quantitative estimate of drug-likeness (QED) is 0.408. The summed E-state index contributed by atoms with van der Waals surface area (Å²) in [5.41, 5.74) is 3.78. The van der Waals surface area contributed by atoms with E-state index >= 15 is 0 Å². The van der Waals surface area contributed by atoms with Gasteiger partial charge in [-0.15, -0.1) is 0 Å². The third kappa shape index (κ3) is 4.10. The van der Waals surface area contributed by atoms with Gasteiger partial charge in [-0.3, -0.25) is 0 Å². The number of hydrogen-bond donors (Lipinski definition) is 2. The molecule has 2 aromatic heterocycles. The maximum absolute atomic E-state index is 13.7. The van der Waals surface area contributed by atoms with Crippen LogP contribution in [0.2, 0.25) is 0 Å². The zero-order valence-corrected chi connectivity index (χ0v) is 17.7. The molecule has 4 aromatic rings. The highest BCUT2D eigenvalue weighted by molar-refractivity contribution is 5.84. The van der Waals surface area contributed by atoms with Gasteiger partial charge >= 0.3 is 0 Å². The molecule has 1 fully saturated rings. The molecule has 1 aliphatic rings. The number of pyridine rings is 1. The van der Waals surface area contributed by atoms with E-state index in [-0.39, 0.29) is 17.7 Å². The lowest BCUT2D eigenvalue weighted by molar-refractivity contribution is 0.170. The van der Waals surface area contributed by atoms with Gasteiger partial charge in [0.05, 0.1) is 5.52 Å². The number of piperidine rings is 1. The maximum atomic E-state index is 13.7. The van der Waals surface area contributed by atoms with Crippen LogP contribution in [0, 0.1) is 18.6 Å². The number of ether oxygens (including phenoxy) is 1. The molecule has 0 amide bonds. The normalized spacial score (nSPS) is 14.7. The van der Waals surface area contributed by atoms with Crippen LogP contribution in [-0.2, 0) is 0 Å². The molecule has 2 N–H and O–H groups in total. The van der Waals surface area contributed by atoms with Crippen molar-refractivity contribution in [3.8, 4) is 5.75 Å². The number of hydrogen-bond acceptors (Lipinski definition) is 4. The van der Waals surface area contributed by atoms with Crippen molar-refractivity contribution < 1.29 is 13.5 Å². The Bertz CT molecular complexity index is 1230. The summed E-state index contributed by atoms with van der Waals surface area (Å²) in [6.45, 7) is 3.78. The summed E-state index contributed by atoms with van der Waals surface area (Å²) in [4.78, 5) is 9.80. The second-order valence-electron chi connectivity index (χ2n) is 8.08. The van der Waals surface area contributed by atoms with Crippen LogP contribution in [0.5, 0.6) is 5.75 Å². The number of halogens is 2. The van der Waals surface area contributed by atoms with E-state index in [1.54, 1.807) is 24.4 Å². The summed E-state index contributed by atoms with van der Waals surface area (Å²) in [5.74, 6) is 0.966. The van der Waals surface area contributed by atoms with Gasteiger partial charge in [0.25, 0.3) is 0 Å². The first-order chi connectivity index (χ1) is 15.6. The SMILES string of the molecule is Cc1c(N2CCC(Oc3ccc(F)cc3)CC2)ccnc1Nc1ccc2c(F)c[nH]c2c1.